The van der Waals surface area contributed by atoms with Crippen LogP contribution in [0.2, 0.25) is 0 Å². The standard InChI is InChI=1S/C22H27N3O3/c1-3-5-18-7-8-20(21(14-18)27-2)28-17-22(26)25-12-10-24(11-13-25)16-19-6-4-9-23-15-19/h3-4,6-9,14-15H,1,5,10-13,16-17H2,2H3. The molecule has 0 atom stereocenters. The van der Waals surface area contributed by atoms with E-state index in [1.54, 1.807) is 13.3 Å². The van der Waals surface area contributed by atoms with Gasteiger partial charge in [0.2, 0.25) is 0 Å². The number of piperazine rings is 1. The summed E-state index contributed by atoms with van der Waals surface area (Å²) in [5.41, 5.74) is 2.29. The monoisotopic (exact) mass is 381 g/mol. The highest BCUT2D eigenvalue weighted by molar-refractivity contribution is 5.78. The van der Waals surface area contributed by atoms with Crippen LogP contribution >= 0.6 is 0 Å². The molecule has 2 heterocycles. The Hall–Kier alpha value is -2.86. The molecule has 0 unspecified atom stereocenters. The van der Waals surface area contributed by atoms with E-state index in [0.717, 1.165) is 31.6 Å². The molecule has 6 nitrogen and oxygen atoms in total. The summed E-state index contributed by atoms with van der Waals surface area (Å²) >= 11 is 0. The molecule has 1 amide bonds. The first kappa shape index (κ1) is 19.9. The average Bonchev–Trinajstić information content (AvgIpc) is 2.74. The summed E-state index contributed by atoms with van der Waals surface area (Å²) in [6.45, 7) is 7.73. The van der Waals surface area contributed by atoms with Gasteiger partial charge in [-0.1, -0.05) is 18.2 Å². The molecule has 1 fully saturated rings. The molecule has 0 spiro atoms. The van der Waals surface area contributed by atoms with Crippen LogP contribution in [0, 0.1) is 0 Å². The molecule has 0 N–H and O–H groups in total. The molecule has 2 aromatic rings. The summed E-state index contributed by atoms with van der Waals surface area (Å²) in [4.78, 5) is 20.9. The summed E-state index contributed by atoms with van der Waals surface area (Å²) in [6.07, 6.45) is 6.27. The lowest BCUT2D eigenvalue weighted by Gasteiger charge is -2.34. The van der Waals surface area contributed by atoms with Crippen molar-refractivity contribution in [3.05, 3.63) is 66.5 Å². The van der Waals surface area contributed by atoms with Crippen molar-refractivity contribution in [2.45, 2.75) is 13.0 Å². The van der Waals surface area contributed by atoms with E-state index < -0.39 is 0 Å². The van der Waals surface area contributed by atoms with Gasteiger partial charge >= 0.3 is 0 Å². The molecule has 1 aromatic heterocycles. The van der Waals surface area contributed by atoms with Crippen molar-refractivity contribution in [1.29, 1.82) is 0 Å². The number of methoxy groups -OCH3 is 1. The first-order valence-corrected chi connectivity index (χ1v) is 9.49. The lowest BCUT2D eigenvalue weighted by molar-refractivity contribution is -0.135. The second-order valence-electron chi connectivity index (χ2n) is 6.78. The number of carbonyl (C=O) groups excluding carboxylic acids is 1. The summed E-state index contributed by atoms with van der Waals surface area (Å²) in [6, 6.07) is 9.74. The van der Waals surface area contributed by atoms with Crippen molar-refractivity contribution in [3.63, 3.8) is 0 Å². The Balaban J connectivity index is 1.47. The fourth-order valence-electron chi connectivity index (χ4n) is 3.26. The number of ether oxygens (including phenoxy) is 2. The van der Waals surface area contributed by atoms with Crippen LogP contribution in [0.4, 0.5) is 0 Å². The van der Waals surface area contributed by atoms with Gasteiger partial charge in [0.05, 0.1) is 7.11 Å². The van der Waals surface area contributed by atoms with Gasteiger partial charge in [0.25, 0.3) is 5.91 Å². The summed E-state index contributed by atoms with van der Waals surface area (Å²) < 4.78 is 11.1. The molecule has 0 saturated carbocycles. The SMILES string of the molecule is C=CCc1ccc(OCC(=O)N2CCN(Cc3cccnc3)CC2)c(OC)c1. The van der Waals surface area contributed by atoms with Crippen LogP contribution in [-0.4, -0.2) is 60.6 Å². The molecule has 3 rings (SSSR count). The number of amides is 1. The zero-order valence-corrected chi connectivity index (χ0v) is 16.3. The van der Waals surface area contributed by atoms with E-state index in [-0.39, 0.29) is 12.5 Å². The van der Waals surface area contributed by atoms with Gasteiger partial charge in [0, 0.05) is 45.1 Å². The number of rotatable bonds is 8. The molecule has 1 aromatic carbocycles. The third-order valence-corrected chi connectivity index (χ3v) is 4.81. The number of hydrogen-bond donors (Lipinski definition) is 0. The normalized spacial score (nSPS) is 14.5. The first-order chi connectivity index (χ1) is 13.7. The Bertz CT molecular complexity index is 787. The van der Waals surface area contributed by atoms with Crippen LogP contribution < -0.4 is 9.47 Å². The zero-order valence-electron chi connectivity index (χ0n) is 16.3. The smallest absolute Gasteiger partial charge is 0.260 e. The fraction of sp³-hybridized carbons (Fsp3) is 0.364. The maximum Gasteiger partial charge on any atom is 0.260 e. The molecular weight excluding hydrogens is 354 g/mol. The summed E-state index contributed by atoms with van der Waals surface area (Å²) in [7, 11) is 1.60. The van der Waals surface area contributed by atoms with E-state index in [1.165, 1.54) is 5.56 Å². The number of aromatic nitrogens is 1. The molecule has 0 radical (unpaired) electrons. The van der Waals surface area contributed by atoms with E-state index in [9.17, 15) is 4.79 Å². The quantitative estimate of drug-likeness (QED) is 0.658. The van der Waals surface area contributed by atoms with Gasteiger partial charge in [-0.05, 0) is 35.7 Å². The molecule has 0 aliphatic carbocycles. The Labute approximate surface area is 166 Å². The Morgan fingerprint density at radius 3 is 2.68 bits per heavy atom. The number of carbonyl (C=O) groups is 1. The highest BCUT2D eigenvalue weighted by atomic mass is 16.5. The maximum atomic E-state index is 12.5. The molecule has 148 valence electrons. The average molecular weight is 381 g/mol. The van der Waals surface area contributed by atoms with Crippen LogP contribution in [0.1, 0.15) is 11.1 Å². The van der Waals surface area contributed by atoms with Crippen LogP contribution in [0.15, 0.2) is 55.4 Å². The number of allylic oxidation sites excluding steroid dienone is 1. The van der Waals surface area contributed by atoms with Gasteiger partial charge in [0.1, 0.15) is 0 Å². The van der Waals surface area contributed by atoms with Gasteiger partial charge in [-0.3, -0.25) is 14.7 Å². The minimum Gasteiger partial charge on any atom is -0.493 e. The summed E-state index contributed by atoms with van der Waals surface area (Å²) in [5, 5.41) is 0. The highest BCUT2D eigenvalue weighted by Crippen LogP contribution is 2.28. The van der Waals surface area contributed by atoms with Crippen molar-refractivity contribution in [2.75, 3.05) is 39.9 Å². The van der Waals surface area contributed by atoms with E-state index in [0.29, 0.717) is 24.6 Å². The van der Waals surface area contributed by atoms with Gasteiger partial charge in [-0.2, -0.15) is 0 Å². The first-order valence-electron chi connectivity index (χ1n) is 9.49. The summed E-state index contributed by atoms with van der Waals surface area (Å²) in [5.74, 6) is 1.21. The minimum absolute atomic E-state index is 0.00162. The lowest BCUT2D eigenvalue weighted by Crippen LogP contribution is -2.49. The number of pyridine rings is 1. The molecular formula is C22H27N3O3. The molecule has 28 heavy (non-hydrogen) atoms. The molecule has 6 heteroatoms. The van der Waals surface area contributed by atoms with Crippen molar-refractivity contribution in [3.8, 4) is 11.5 Å². The maximum absolute atomic E-state index is 12.5. The van der Waals surface area contributed by atoms with Crippen LogP contribution in [0.25, 0.3) is 0 Å². The van der Waals surface area contributed by atoms with E-state index in [2.05, 4.69) is 22.5 Å². The van der Waals surface area contributed by atoms with Crippen LogP contribution in [0.3, 0.4) is 0 Å². The van der Waals surface area contributed by atoms with Crippen LogP contribution in [0.5, 0.6) is 11.5 Å². The number of nitrogens with zero attached hydrogens (tertiary/aromatic N) is 3. The van der Waals surface area contributed by atoms with Crippen molar-refractivity contribution in [1.82, 2.24) is 14.8 Å². The fourth-order valence-corrected chi connectivity index (χ4v) is 3.26. The van der Waals surface area contributed by atoms with Gasteiger partial charge in [0.15, 0.2) is 18.1 Å². The molecule has 0 bridgehead atoms. The second-order valence-corrected chi connectivity index (χ2v) is 6.78. The van der Waals surface area contributed by atoms with Crippen LogP contribution in [-0.2, 0) is 17.8 Å². The minimum atomic E-state index is -0.00162. The van der Waals surface area contributed by atoms with Gasteiger partial charge in [-0.15, -0.1) is 6.58 Å². The highest BCUT2D eigenvalue weighted by Gasteiger charge is 2.22. The topological polar surface area (TPSA) is 54.9 Å². The largest absolute Gasteiger partial charge is 0.493 e. The molecule has 1 aliphatic rings. The Morgan fingerprint density at radius 1 is 1.18 bits per heavy atom. The predicted octanol–water partition coefficient (Wildman–Crippen LogP) is 2.54. The van der Waals surface area contributed by atoms with Crippen molar-refractivity contribution >= 4 is 5.91 Å². The zero-order chi connectivity index (χ0) is 19.8. The van der Waals surface area contributed by atoms with Crippen molar-refractivity contribution in [2.24, 2.45) is 0 Å². The lowest BCUT2D eigenvalue weighted by atomic mass is 10.1. The number of hydrogen-bond acceptors (Lipinski definition) is 5. The van der Waals surface area contributed by atoms with E-state index in [4.69, 9.17) is 9.47 Å². The predicted molar refractivity (Wildman–Crippen MR) is 108 cm³/mol. The van der Waals surface area contributed by atoms with Gasteiger partial charge < -0.3 is 14.4 Å². The number of benzene rings is 1. The second kappa shape index (κ2) is 9.90. The van der Waals surface area contributed by atoms with E-state index in [1.807, 2.05) is 41.4 Å². The van der Waals surface area contributed by atoms with E-state index >= 15 is 0 Å². The van der Waals surface area contributed by atoms with Gasteiger partial charge in [-0.25, -0.2) is 0 Å². The van der Waals surface area contributed by atoms with Crippen molar-refractivity contribution < 1.29 is 14.3 Å². The molecule has 1 aliphatic heterocycles. The Morgan fingerprint density at radius 2 is 2.00 bits per heavy atom. The third kappa shape index (κ3) is 5.33. The third-order valence-electron chi connectivity index (χ3n) is 4.81. The Kier molecular flexibility index (Phi) is 7.03. The molecule has 1 saturated heterocycles.